The van der Waals surface area contributed by atoms with Gasteiger partial charge in [-0.05, 0) is 31.5 Å². The molecule has 0 saturated carbocycles. The number of carbonyl (C=O) groups excluding carboxylic acids is 3. The smallest absolute Gasteiger partial charge is 0.356 e. The topological polar surface area (TPSA) is 149 Å². The van der Waals surface area contributed by atoms with Crippen LogP contribution in [-0.4, -0.2) is 56.5 Å². The van der Waals surface area contributed by atoms with E-state index in [9.17, 15) is 29.6 Å². The molecule has 2 aliphatic heterocycles. The van der Waals surface area contributed by atoms with Crippen molar-refractivity contribution < 1.29 is 33.9 Å². The molecule has 11 nitrogen and oxygen atoms in total. The number of aliphatic hydroxyl groups is 1. The third-order valence-electron chi connectivity index (χ3n) is 6.18. The Morgan fingerprint density at radius 2 is 2.00 bits per heavy atom. The number of aromatic nitrogens is 1. The van der Waals surface area contributed by atoms with Crippen molar-refractivity contribution in [3.63, 3.8) is 0 Å². The van der Waals surface area contributed by atoms with Crippen LogP contribution in [0.25, 0.3) is 0 Å². The second kappa shape index (κ2) is 11.0. The van der Waals surface area contributed by atoms with Crippen molar-refractivity contribution in [2.75, 3.05) is 6.61 Å². The molecule has 0 radical (unpaired) electrons. The van der Waals surface area contributed by atoms with Gasteiger partial charge < -0.3 is 19.5 Å². The highest BCUT2D eigenvalue weighted by molar-refractivity contribution is 8.04. The van der Waals surface area contributed by atoms with Gasteiger partial charge >= 0.3 is 11.9 Å². The maximum absolute atomic E-state index is 13.2. The van der Waals surface area contributed by atoms with Gasteiger partial charge in [-0.1, -0.05) is 18.7 Å². The molecule has 4 atom stereocenters. The Balaban J connectivity index is 1.56. The Hall–Kier alpha value is -3.29. The first-order valence-corrected chi connectivity index (χ1v) is 13.3. The minimum atomic E-state index is -0.881. The summed E-state index contributed by atoms with van der Waals surface area (Å²) in [6.45, 7) is 5.29. The number of nitrogens with zero attached hydrogens (tertiary/aromatic N) is 3. The largest absolute Gasteiger partial charge is 0.466 e. The van der Waals surface area contributed by atoms with E-state index < -0.39 is 29.0 Å². The van der Waals surface area contributed by atoms with Gasteiger partial charge in [-0.2, -0.15) is 0 Å². The summed E-state index contributed by atoms with van der Waals surface area (Å²) in [4.78, 5) is 54.7. The molecule has 1 aromatic heterocycles. The number of thiazole rings is 1. The van der Waals surface area contributed by atoms with E-state index in [1.807, 2.05) is 6.92 Å². The van der Waals surface area contributed by atoms with E-state index in [-0.39, 0.29) is 48.8 Å². The number of fused-ring (bicyclic) bond motifs is 1. The first kappa shape index (κ1) is 26.8. The summed E-state index contributed by atoms with van der Waals surface area (Å²) in [6, 6.07) is 5.23. The third-order valence-corrected chi connectivity index (χ3v) is 8.45. The van der Waals surface area contributed by atoms with Gasteiger partial charge in [0.1, 0.15) is 12.3 Å². The zero-order valence-corrected chi connectivity index (χ0v) is 21.9. The normalized spacial score (nSPS) is 21.4. The highest BCUT2D eigenvalue weighted by atomic mass is 32.2. The number of benzene rings is 1. The van der Waals surface area contributed by atoms with Crippen LogP contribution in [0.5, 0.6) is 0 Å². The average Bonchev–Trinajstić information content (AvgIpc) is 3.38. The van der Waals surface area contributed by atoms with Crippen molar-refractivity contribution in [2.24, 2.45) is 11.8 Å². The zero-order valence-electron chi connectivity index (χ0n) is 20.3. The molecule has 4 rings (SSSR count). The van der Waals surface area contributed by atoms with Crippen LogP contribution in [0.1, 0.15) is 32.0 Å². The predicted molar refractivity (Wildman–Crippen MR) is 133 cm³/mol. The van der Waals surface area contributed by atoms with Gasteiger partial charge in [0.25, 0.3) is 5.69 Å². The van der Waals surface area contributed by atoms with E-state index in [1.165, 1.54) is 52.3 Å². The van der Waals surface area contributed by atoms with Gasteiger partial charge in [0, 0.05) is 28.3 Å². The van der Waals surface area contributed by atoms with Crippen molar-refractivity contribution in [3.8, 4) is 0 Å². The van der Waals surface area contributed by atoms with E-state index in [4.69, 9.17) is 9.47 Å². The molecule has 1 fully saturated rings. The molecule has 37 heavy (non-hydrogen) atoms. The summed E-state index contributed by atoms with van der Waals surface area (Å²) in [5.41, 5.74) is 1.12. The molecular weight excluding hydrogens is 522 g/mol. The van der Waals surface area contributed by atoms with Crippen LogP contribution in [0.4, 0.5) is 5.69 Å². The van der Waals surface area contributed by atoms with Gasteiger partial charge in [-0.3, -0.25) is 19.7 Å². The third kappa shape index (κ3) is 5.38. The summed E-state index contributed by atoms with van der Waals surface area (Å²) in [6.07, 6.45) is -0.852. The van der Waals surface area contributed by atoms with Crippen molar-refractivity contribution in [1.29, 1.82) is 0 Å². The van der Waals surface area contributed by atoms with E-state index in [2.05, 4.69) is 4.98 Å². The van der Waals surface area contributed by atoms with E-state index in [1.54, 1.807) is 19.2 Å². The number of hydrogen-bond acceptors (Lipinski definition) is 11. The van der Waals surface area contributed by atoms with Crippen LogP contribution in [0.2, 0.25) is 0 Å². The second-order valence-corrected chi connectivity index (χ2v) is 10.8. The first-order valence-electron chi connectivity index (χ1n) is 11.6. The molecule has 1 amide bonds. The Morgan fingerprint density at radius 3 is 2.62 bits per heavy atom. The van der Waals surface area contributed by atoms with Crippen LogP contribution >= 0.6 is 23.1 Å². The SMILES string of the molecule is CCOC(=O)Cc1csc(SC2=C(C(=O)OCc3ccc([N+](=O)[O-])cc3)N3C(=O)[C@H](C(C)O)[C@H]3[C@H]2C)n1. The van der Waals surface area contributed by atoms with E-state index in [0.29, 0.717) is 20.5 Å². The fourth-order valence-electron chi connectivity index (χ4n) is 4.45. The standard InChI is InChI=1S/C24H25N3O8S2/c1-4-34-17(29)9-15-11-36-24(25-15)37-21-12(2)19-18(13(3)28)22(30)26(19)20(21)23(31)35-10-14-5-7-16(8-6-14)27(32)33/h5-8,11-13,18-19,28H,4,9-10H2,1-3H3/t12-,13?,18-,19-/m1/s1. The summed E-state index contributed by atoms with van der Waals surface area (Å²) >= 11 is 2.54. The number of nitro groups is 1. The van der Waals surface area contributed by atoms with Crippen molar-refractivity contribution >= 4 is 46.6 Å². The molecule has 0 bridgehead atoms. The molecule has 2 aromatic rings. The lowest BCUT2D eigenvalue weighted by molar-refractivity contribution is -0.384. The maximum atomic E-state index is 13.2. The molecule has 0 spiro atoms. The number of amides is 1. The van der Waals surface area contributed by atoms with Crippen LogP contribution in [0, 0.1) is 22.0 Å². The number of β-lactam (4-membered cyclic amide) rings is 1. The molecule has 2 aliphatic rings. The van der Waals surface area contributed by atoms with Crippen LogP contribution in [0.15, 0.2) is 44.6 Å². The average molecular weight is 548 g/mol. The number of hydrogen-bond donors (Lipinski definition) is 1. The molecule has 196 valence electrons. The Morgan fingerprint density at radius 1 is 1.30 bits per heavy atom. The van der Waals surface area contributed by atoms with Crippen molar-refractivity contribution in [3.05, 3.63) is 61.6 Å². The zero-order chi connectivity index (χ0) is 26.9. The first-order chi connectivity index (χ1) is 17.6. The quantitative estimate of drug-likeness (QED) is 0.203. The van der Waals surface area contributed by atoms with Crippen molar-refractivity contribution in [2.45, 2.75) is 50.3 Å². The van der Waals surface area contributed by atoms with Gasteiger partial charge in [0.15, 0.2) is 4.34 Å². The Labute approximate surface area is 220 Å². The van der Waals surface area contributed by atoms with Crippen LogP contribution in [0.3, 0.4) is 0 Å². The number of carbonyl (C=O) groups is 3. The molecular formula is C24H25N3O8S2. The summed E-state index contributed by atoms with van der Waals surface area (Å²) < 4.78 is 11.0. The van der Waals surface area contributed by atoms with Crippen molar-refractivity contribution in [1.82, 2.24) is 9.88 Å². The number of esters is 2. The minimum Gasteiger partial charge on any atom is -0.466 e. The number of non-ortho nitro benzene ring substituents is 1. The Bertz CT molecular complexity index is 1260. The summed E-state index contributed by atoms with van der Waals surface area (Å²) in [7, 11) is 0. The monoisotopic (exact) mass is 547 g/mol. The minimum absolute atomic E-state index is 0.0287. The number of rotatable bonds is 10. The molecule has 1 aromatic carbocycles. The lowest BCUT2D eigenvalue weighted by Gasteiger charge is -2.46. The molecule has 13 heteroatoms. The fourth-order valence-corrected chi connectivity index (χ4v) is 6.55. The number of ether oxygens (including phenoxy) is 2. The highest BCUT2D eigenvalue weighted by Crippen LogP contribution is 2.52. The fraction of sp³-hybridized carbons (Fsp3) is 0.417. The number of nitro benzene ring substituents is 1. The van der Waals surface area contributed by atoms with E-state index in [0.717, 1.165) is 0 Å². The highest BCUT2D eigenvalue weighted by Gasteiger charge is 2.60. The predicted octanol–water partition coefficient (Wildman–Crippen LogP) is 3.06. The molecule has 1 saturated heterocycles. The van der Waals surface area contributed by atoms with Gasteiger partial charge in [-0.25, -0.2) is 9.78 Å². The van der Waals surface area contributed by atoms with Crippen LogP contribution < -0.4 is 0 Å². The van der Waals surface area contributed by atoms with Gasteiger partial charge in [0.2, 0.25) is 5.91 Å². The molecule has 3 heterocycles. The second-order valence-electron chi connectivity index (χ2n) is 8.66. The lowest BCUT2D eigenvalue weighted by atomic mass is 9.79. The number of thioether (sulfide) groups is 1. The Kier molecular flexibility index (Phi) is 7.95. The van der Waals surface area contributed by atoms with Gasteiger partial charge in [0.05, 0.1) is 41.7 Å². The maximum Gasteiger partial charge on any atom is 0.356 e. The number of aliphatic hydroxyl groups excluding tert-OH is 1. The van der Waals surface area contributed by atoms with E-state index >= 15 is 0 Å². The molecule has 0 aliphatic carbocycles. The van der Waals surface area contributed by atoms with Gasteiger partial charge in [-0.15, -0.1) is 11.3 Å². The summed E-state index contributed by atoms with van der Waals surface area (Å²) in [5.74, 6) is -2.35. The van der Waals surface area contributed by atoms with Crippen LogP contribution in [-0.2, 0) is 36.9 Å². The lowest BCUT2D eigenvalue weighted by Crippen LogP contribution is -2.63. The summed E-state index contributed by atoms with van der Waals surface area (Å²) in [5, 5.41) is 22.8. The molecule has 1 N–H and O–H groups in total. The molecule has 1 unspecified atom stereocenters.